The second-order valence-corrected chi connectivity index (χ2v) is 5.21. The van der Waals surface area contributed by atoms with E-state index >= 15 is 0 Å². The highest BCUT2D eigenvalue weighted by Crippen LogP contribution is 2.14. The van der Waals surface area contributed by atoms with Gasteiger partial charge >= 0.3 is 11.7 Å². The Kier molecular flexibility index (Phi) is 4.83. The molecule has 26 heavy (non-hydrogen) atoms. The van der Waals surface area contributed by atoms with Crippen molar-refractivity contribution in [3.63, 3.8) is 0 Å². The number of aromatic amines is 2. The van der Waals surface area contributed by atoms with E-state index in [4.69, 9.17) is 9.15 Å². The molecule has 0 aliphatic heterocycles. The number of rotatable bonds is 6. The summed E-state index contributed by atoms with van der Waals surface area (Å²) in [6.45, 7) is -0.916. The minimum absolute atomic E-state index is 0.0636. The molecule has 2 amide bonds. The van der Waals surface area contributed by atoms with Crippen LogP contribution in [0.15, 0.2) is 45.8 Å². The van der Waals surface area contributed by atoms with Gasteiger partial charge in [0, 0.05) is 5.69 Å². The van der Waals surface area contributed by atoms with E-state index in [1.54, 1.807) is 18.2 Å². The zero-order valence-electron chi connectivity index (χ0n) is 13.3. The molecule has 10 nitrogen and oxygen atoms in total. The van der Waals surface area contributed by atoms with Crippen LogP contribution in [0.3, 0.4) is 0 Å². The summed E-state index contributed by atoms with van der Waals surface area (Å²) in [4.78, 5) is 51.3. The van der Waals surface area contributed by atoms with Crippen molar-refractivity contribution in [1.82, 2.24) is 15.3 Å². The van der Waals surface area contributed by atoms with Crippen LogP contribution in [0.1, 0.15) is 10.6 Å². The van der Waals surface area contributed by atoms with Gasteiger partial charge in [-0.1, -0.05) is 0 Å². The summed E-state index contributed by atoms with van der Waals surface area (Å²) in [7, 11) is 0. The molecule has 0 fully saturated rings. The minimum atomic E-state index is -0.773. The molecular weight excluding hydrogens is 344 g/mol. The van der Waals surface area contributed by atoms with Gasteiger partial charge in [0.2, 0.25) is 0 Å². The second-order valence-electron chi connectivity index (χ2n) is 5.21. The van der Waals surface area contributed by atoms with Crippen LogP contribution < -0.4 is 16.3 Å². The molecule has 3 rings (SSSR count). The maximum absolute atomic E-state index is 11.8. The van der Waals surface area contributed by atoms with E-state index < -0.39 is 30.9 Å². The van der Waals surface area contributed by atoms with Crippen molar-refractivity contribution in [2.24, 2.45) is 0 Å². The number of ether oxygens (including phenoxy) is 1. The molecule has 1 aromatic carbocycles. The molecule has 10 heteroatoms. The van der Waals surface area contributed by atoms with Crippen molar-refractivity contribution in [3.05, 3.63) is 52.8 Å². The van der Waals surface area contributed by atoms with Crippen molar-refractivity contribution >= 4 is 34.5 Å². The Morgan fingerprint density at radius 1 is 1.12 bits per heavy atom. The van der Waals surface area contributed by atoms with E-state index in [-0.39, 0.29) is 11.4 Å². The summed E-state index contributed by atoms with van der Waals surface area (Å²) >= 11 is 0. The van der Waals surface area contributed by atoms with E-state index in [0.29, 0.717) is 16.7 Å². The van der Waals surface area contributed by atoms with Crippen LogP contribution in [0.25, 0.3) is 11.0 Å². The van der Waals surface area contributed by atoms with E-state index in [1.165, 1.54) is 18.4 Å². The number of anilines is 1. The zero-order chi connectivity index (χ0) is 18.5. The van der Waals surface area contributed by atoms with Crippen molar-refractivity contribution in [1.29, 1.82) is 0 Å². The first kappa shape index (κ1) is 17.0. The third kappa shape index (κ3) is 4.17. The van der Waals surface area contributed by atoms with Crippen LogP contribution in [0.5, 0.6) is 0 Å². The molecule has 0 unspecified atom stereocenters. The Labute approximate surface area is 145 Å². The smallest absolute Gasteiger partial charge is 0.325 e. The van der Waals surface area contributed by atoms with Crippen LogP contribution >= 0.6 is 0 Å². The van der Waals surface area contributed by atoms with Gasteiger partial charge in [-0.05, 0) is 30.3 Å². The lowest BCUT2D eigenvalue weighted by molar-refractivity contribution is -0.146. The van der Waals surface area contributed by atoms with Crippen molar-refractivity contribution in [3.8, 4) is 0 Å². The number of H-pyrrole nitrogens is 2. The Morgan fingerprint density at radius 2 is 1.92 bits per heavy atom. The number of furan rings is 1. The van der Waals surface area contributed by atoms with Gasteiger partial charge in [-0.3, -0.25) is 14.4 Å². The molecule has 2 aromatic heterocycles. The summed E-state index contributed by atoms with van der Waals surface area (Å²) in [5.41, 5.74) is 1.21. The van der Waals surface area contributed by atoms with Crippen molar-refractivity contribution in [2.75, 3.05) is 18.5 Å². The first-order valence-electron chi connectivity index (χ1n) is 7.50. The molecule has 0 aliphatic rings. The van der Waals surface area contributed by atoms with Crippen molar-refractivity contribution in [2.45, 2.75) is 0 Å². The van der Waals surface area contributed by atoms with Crippen molar-refractivity contribution < 1.29 is 23.5 Å². The average molecular weight is 358 g/mol. The summed E-state index contributed by atoms with van der Waals surface area (Å²) in [6, 6.07) is 7.77. The first-order chi connectivity index (χ1) is 12.5. The summed E-state index contributed by atoms with van der Waals surface area (Å²) in [5.74, 6) is -1.84. The predicted octanol–water partition coefficient (Wildman–Crippen LogP) is 0.361. The number of aromatic nitrogens is 2. The Morgan fingerprint density at radius 3 is 2.69 bits per heavy atom. The van der Waals surface area contributed by atoms with Gasteiger partial charge in [0.1, 0.15) is 6.54 Å². The maximum atomic E-state index is 11.8. The van der Waals surface area contributed by atoms with Gasteiger partial charge in [0.25, 0.3) is 11.8 Å². The lowest BCUT2D eigenvalue weighted by atomic mass is 10.3. The van der Waals surface area contributed by atoms with Gasteiger partial charge in [-0.25, -0.2) is 4.79 Å². The van der Waals surface area contributed by atoms with Crippen LogP contribution in [0.2, 0.25) is 0 Å². The maximum Gasteiger partial charge on any atom is 0.325 e. The molecule has 0 aliphatic carbocycles. The van der Waals surface area contributed by atoms with Gasteiger partial charge < -0.3 is 29.8 Å². The van der Waals surface area contributed by atoms with Crippen LogP contribution in [0, 0.1) is 0 Å². The molecule has 4 N–H and O–H groups in total. The van der Waals surface area contributed by atoms with E-state index in [9.17, 15) is 19.2 Å². The molecule has 0 radical (unpaired) electrons. The summed E-state index contributed by atoms with van der Waals surface area (Å²) in [6.07, 6.45) is 1.33. The largest absolute Gasteiger partial charge is 0.459 e. The highest BCUT2D eigenvalue weighted by molar-refractivity contribution is 5.95. The fourth-order valence-corrected chi connectivity index (χ4v) is 2.15. The summed E-state index contributed by atoms with van der Waals surface area (Å²) < 4.78 is 9.65. The van der Waals surface area contributed by atoms with E-state index in [2.05, 4.69) is 20.6 Å². The number of fused-ring (bicyclic) bond motifs is 1. The number of esters is 1. The molecule has 2 heterocycles. The Bertz CT molecular complexity index is 1000. The zero-order valence-corrected chi connectivity index (χ0v) is 13.3. The van der Waals surface area contributed by atoms with Gasteiger partial charge in [0.05, 0.1) is 17.3 Å². The second kappa shape index (κ2) is 7.38. The number of imidazole rings is 1. The molecule has 0 saturated heterocycles. The fraction of sp³-hybridized carbons (Fsp3) is 0.125. The number of amides is 2. The summed E-state index contributed by atoms with van der Waals surface area (Å²) in [5, 5.41) is 4.84. The van der Waals surface area contributed by atoms with Crippen LogP contribution in [0.4, 0.5) is 5.69 Å². The van der Waals surface area contributed by atoms with Crippen LogP contribution in [-0.2, 0) is 14.3 Å². The third-order valence-corrected chi connectivity index (χ3v) is 3.30. The molecule has 0 bridgehead atoms. The normalized spacial score (nSPS) is 10.5. The average Bonchev–Trinajstić information content (AvgIpc) is 3.26. The SMILES string of the molecule is O=C(COC(=O)CNC(=O)c1ccco1)Nc1ccc2[nH]c(=O)[nH]c2c1. The van der Waals surface area contributed by atoms with Gasteiger partial charge in [-0.15, -0.1) is 0 Å². The molecular formula is C16H14N4O6. The molecule has 134 valence electrons. The predicted molar refractivity (Wildman–Crippen MR) is 89.5 cm³/mol. The Balaban J connectivity index is 1.44. The quantitative estimate of drug-likeness (QED) is 0.468. The fourth-order valence-electron chi connectivity index (χ4n) is 2.15. The molecule has 0 spiro atoms. The van der Waals surface area contributed by atoms with E-state index in [1.807, 2.05) is 0 Å². The van der Waals surface area contributed by atoms with E-state index in [0.717, 1.165) is 0 Å². The van der Waals surface area contributed by atoms with Gasteiger partial charge in [-0.2, -0.15) is 0 Å². The lowest BCUT2D eigenvalue weighted by Gasteiger charge is -2.07. The minimum Gasteiger partial charge on any atom is -0.459 e. The topological polar surface area (TPSA) is 146 Å². The highest BCUT2D eigenvalue weighted by Gasteiger charge is 2.12. The Hall–Kier alpha value is -3.82. The molecule has 3 aromatic rings. The lowest BCUT2D eigenvalue weighted by Crippen LogP contribution is -2.32. The first-order valence-corrected chi connectivity index (χ1v) is 7.50. The molecule has 0 saturated carbocycles. The standard InChI is InChI=1S/C16H14N4O6/c21-13(18-9-3-4-10-11(6-9)20-16(24)19-10)8-26-14(22)7-17-15(23)12-2-1-5-25-12/h1-6H,7-8H2,(H,17,23)(H,18,21)(H2,19,20,24). The monoisotopic (exact) mass is 358 g/mol. The highest BCUT2D eigenvalue weighted by atomic mass is 16.5. The van der Waals surface area contributed by atoms with Crippen LogP contribution in [-0.4, -0.2) is 40.9 Å². The number of hydrogen-bond acceptors (Lipinski definition) is 6. The number of nitrogens with one attached hydrogen (secondary N) is 4. The molecule has 0 atom stereocenters. The number of carbonyl (C=O) groups excluding carboxylic acids is 3. The number of benzene rings is 1. The van der Waals surface area contributed by atoms with Gasteiger partial charge in [0.15, 0.2) is 12.4 Å². The third-order valence-electron chi connectivity index (χ3n) is 3.30. The number of hydrogen-bond donors (Lipinski definition) is 4. The number of carbonyl (C=O) groups is 3.